The van der Waals surface area contributed by atoms with Crippen LogP contribution >= 0.6 is 0 Å². The Bertz CT molecular complexity index is 817. The lowest BCUT2D eigenvalue weighted by molar-refractivity contribution is -0.144. The van der Waals surface area contributed by atoms with E-state index in [9.17, 15) is 13.2 Å². The Morgan fingerprint density at radius 2 is 1.80 bits per heavy atom. The minimum atomic E-state index is -4.61. The van der Waals surface area contributed by atoms with E-state index in [-0.39, 0.29) is 11.5 Å². The molecule has 0 unspecified atom stereocenters. The van der Waals surface area contributed by atoms with Crippen molar-refractivity contribution in [3.05, 3.63) is 36.5 Å². The Hall–Kier alpha value is -2.91. The summed E-state index contributed by atoms with van der Waals surface area (Å²) in [6.45, 7) is 1.20. The standard InChI is InChI=1S/C15H16F3N7/c16-15(17,18)14-24-12(11-13(25-14)23-9-22-11)21-8-4-3-7-20-10-5-1-2-6-19-10/h1-2,5-6,9H,3-4,7-8H2,(H,19,20)(H2,21,22,23,24,25). The SMILES string of the molecule is FC(F)(F)c1nc(NCCCCNc2ccccn2)c2[nH]cnc2n1. The van der Waals surface area contributed by atoms with Crippen LogP contribution in [0, 0.1) is 0 Å². The second kappa shape index (κ2) is 7.32. The van der Waals surface area contributed by atoms with Crippen LogP contribution in [0.4, 0.5) is 24.8 Å². The number of nitrogens with one attached hydrogen (secondary N) is 3. The van der Waals surface area contributed by atoms with Crippen molar-refractivity contribution in [2.75, 3.05) is 23.7 Å². The number of hydrogen-bond donors (Lipinski definition) is 3. The highest BCUT2D eigenvalue weighted by Crippen LogP contribution is 2.29. The van der Waals surface area contributed by atoms with Gasteiger partial charge >= 0.3 is 6.18 Å². The van der Waals surface area contributed by atoms with Crippen molar-refractivity contribution < 1.29 is 13.2 Å². The summed E-state index contributed by atoms with van der Waals surface area (Å²) in [5.41, 5.74) is 0.348. The number of unbranched alkanes of at least 4 members (excludes halogenated alkanes) is 1. The van der Waals surface area contributed by atoms with Gasteiger partial charge in [0.05, 0.1) is 6.33 Å². The summed E-state index contributed by atoms with van der Waals surface area (Å²) in [5.74, 6) is -0.306. The fraction of sp³-hybridized carbons (Fsp3) is 0.333. The zero-order chi connectivity index (χ0) is 17.7. The molecule has 0 saturated carbocycles. The zero-order valence-corrected chi connectivity index (χ0v) is 13.1. The molecule has 3 heterocycles. The maximum atomic E-state index is 12.8. The first-order chi connectivity index (χ1) is 12.0. The van der Waals surface area contributed by atoms with Crippen LogP contribution in [0.5, 0.6) is 0 Å². The molecule has 7 nitrogen and oxygen atoms in total. The van der Waals surface area contributed by atoms with Crippen molar-refractivity contribution in [2.45, 2.75) is 19.0 Å². The molecule has 0 spiro atoms. The molecule has 0 aliphatic rings. The van der Waals surface area contributed by atoms with Gasteiger partial charge in [-0.3, -0.25) is 0 Å². The molecule has 3 aromatic heterocycles. The van der Waals surface area contributed by atoms with E-state index < -0.39 is 12.0 Å². The summed E-state index contributed by atoms with van der Waals surface area (Å²) in [7, 11) is 0. The predicted octanol–water partition coefficient (Wildman–Crippen LogP) is 3.07. The highest BCUT2D eigenvalue weighted by atomic mass is 19.4. The van der Waals surface area contributed by atoms with Gasteiger partial charge in [-0.1, -0.05) is 6.07 Å². The van der Waals surface area contributed by atoms with Crippen molar-refractivity contribution in [1.29, 1.82) is 0 Å². The van der Waals surface area contributed by atoms with Gasteiger partial charge in [-0.15, -0.1) is 0 Å². The molecule has 0 radical (unpaired) electrons. The van der Waals surface area contributed by atoms with Crippen LogP contribution in [0.25, 0.3) is 11.2 Å². The van der Waals surface area contributed by atoms with Crippen molar-refractivity contribution in [1.82, 2.24) is 24.9 Å². The molecule has 3 aromatic rings. The third-order valence-corrected chi connectivity index (χ3v) is 3.41. The van der Waals surface area contributed by atoms with E-state index in [0.29, 0.717) is 12.1 Å². The van der Waals surface area contributed by atoms with Gasteiger partial charge in [0.25, 0.3) is 0 Å². The number of alkyl halides is 3. The highest BCUT2D eigenvalue weighted by molar-refractivity contribution is 5.82. The molecular formula is C15H16F3N7. The molecule has 0 amide bonds. The average Bonchev–Trinajstić information content (AvgIpc) is 3.06. The summed E-state index contributed by atoms with van der Waals surface area (Å²) in [4.78, 5) is 17.7. The van der Waals surface area contributed by atoms with Gasteiger partial charge in [0.2, 0.25) is 5.82 Å². The number of imidazole rings is 1. The lowest BCUT2D eigenvalue weighted by Crippen LogP contribution is -2.14. The molecule has 3 rings (SSSR count). The highest BCUT2D eigenvalue weighted by Gasteiger charge is 2.36. The third-order valence-electron chi connectivity index (χ3n) is 3.41. The van der Waals surface area contributed by atoms with Crippen LogP contribution in [-0.2, 0) is 6.18 Å². The quantitative estimate of drug-likeness (QED) is 0.567. The first-order valence-electron chi connectivity index (χ1n) is 7.71. The molecule has 25 heavy (non-hydrogen) atoms. The van der Waals surface area contributed by atoms with Crippen LogP contribution in [0.2, 0.25) is 0 Å². The smallest absolute Gasteiger partial charge is 0.370 e. The second-order valence-electron chi connectivity index (χ2n) is 5.27. The van der Waals surface area contributed by atoms with Crippen molar-refractivity contribution in [2.24, 2.45) is 0 Å². The van der Waals surface area contributed by atoms with Gasteiger partial charge < -0.3 is 15.6 Å². The van der Waals surface area contributed by atoms with Gasteiger partial charge in [0, 0.05) is 19.3 Å². The van der Waals surface area contributed by atoms with Crippen LogP contribution in [0.3, 0.4) is 0 Å². The molecule has 3 N–H and O–H groups in total. The first-order valence-corrected chi connectivity index (χ1v) is 7.71. The number of pyridine rings is 1. The van der Waals surface area contributed by atoms with E-state index in [1.165, 1.54) is 6.33 Å². The van der Waals surface area contributed by atoms with Gasteiger partial charge in [-0.25, -0.2) is 19.9 Å². The minimum Gasteiger partial charge on any atom is -0.370 e. The third kappa shape index (κ3) is 4.34. The van der Waals surface area contributed by atoms with Gasteiger partial charge in [0.1, 0.15) is 11.3 Å². The number of nitrogens with zero attached hydrogens (tertiary/aromatic N) is 4. The van der Waals surface area contributed by atoms with Crippen molar-refractivity contribution >= 4 is 22.8 Å². The maximum Gasteiger partial charge on any atom is 0.451 e. The fourth-order valence-electron chi connectivity index (χ4n) is 2.23. The van der Waals surface area contributed by atoms with Crippen molar-refractivity contribution in [3.63, 3.8) is 0 Å². The zero-order valence-electron chi connectivity index (χ0n) is 13.1. The molecule has 0 aromatic carbocycles. The van der Waals surface area contributed by atoms with Crippen LogP contribution in [0.15, 0.2) is 30.7 Å². The topological polar surface area (TPSA) is 91.4 Å². The normalized spacial score (nSPS) is 11.6. The van der Waals surface area contributed by atoms with Crippen LogP contribution in [-0.4, -0.2) is 38.0 Å². The Labute approximate surface area is 141 Å². The average molecular weight is 351 g/mol. The Kier molecular flexibility index (Phi) is 4.96. The van der Waals surface area contributed by atoms with E-state index in [1.807, 2.05) is 18.2 Å². The summed E-state index contributed by atoms with van der Waals surface area (Å²) < 4.78 is 38.5. The number of aromatic amines is 1. The van der Waals surface area contributed by atoms with E-state index in [2.05, 4.69) is 35.6 Å². The number of anilines is 2. The van der Waals surface area contributed by atoms with Crippen molar-refractivity contribution in [3.8, 4) is 0 Å². The Morgan fingerprint density at radius 3 is 2.52 bits per heavy atom. The maximum absolute atomic E-state index is 12.8. The fourth-order valence-corrected chi connectivity index (χ4v) is 2.23. The van der Waals surface area contributed by atoms with Gasteiger partial charge in [0.15, 0.2) is 11.5 Å². The molecule has 0 bridgehead atoms. The number of rotatable bonds is 7. The molecular weight excluding hydrogens is 335 g/mol. The van der Waals surface area contributed by atoms with E-state index in [0.717, 1.165) is 25.2 Å². The Balaban J connectivity index is 1.53. The lowest BCUT2D eigenvalue weighted by Gasteiger charge is -2.10. The molecule has 0 saturated heterocycles. The van der Waals surface area contributed by atoms with Gasteiger partial charge in [-0.05, 0) is 25.0 Å². The number of hydrogen-bond acceptors (Lipinski definition) is 6. The van der Waals surface area contributed by atoms with E-state index >= 15 is 0 Å². The number of aromatic nitrogens is 5. The van der Waals surface area contributed by atoms with Crippen LogP contribution < -0.4 is 10.6 Å². The number of fused-ring (bicyclic) bond motifs is 1. The summed E-state index contributed by atoms with van der Waals surface area (Å²) >= 11 is 0. The summed E-state index contributed by atoms with van der Waals surface area (Å²) in [6.07, 6.45) is -0.0434. The Morgan fingerprint density at radius 1 is 1.00 bits per heavy atom. The molecule has 0 aliphatic heterocycles. The lowest BCUT2D eigenvalue weighted by atomic mass is 10.3. The summed E-state index contributed by atoms with van der Waals surface area (Å²) in [6, 6.07) is 5.59. The van der Waals surface area contributed by atoms with E-state index in [1.54, 1.807) is 6.20 Å². The molecule has 0 atom stereocenters. The number of halogens is 3. The first kappa shape index (κ1) is 16.9. The monoisotopic (exact) mass is 351 g/mol. The van der Waals surface area contributed by atoms with Gasteiger partial charge in [-0.2, -0.15) is 13.2 Å². The second-order valence-corrected chi connectivity index (χ2v) is 5.27. The molecule has 0 aliphatic carbocycles. The largest absolute Gasteiger partial charge is 0.451 e. The molecule has 10 heteroatoms. The minimum absolute atomic E-state index is 0.0124. The van der Waals surface area contributed by atoms with E-state index in [4.69, 9.17) is 0 Å². The van der Waals surface area contributed by atoms with Crippen LogP contribution in [0.1, 0.15) is 18.7 Å². The number of H-pyrrole nitrogens is 1. The summed E-state index contributed by atoms with van der Waals surface area (Å²) in [5, 5.41) is 6.09. The predicted molar refractivity (Wildman–Crippen MR) is 87.1 cm³/mol. The molecule has 132 valence electrons. The molecule has 0 fully saturated rings.